The van der Waals surface area contributed by atoms with Crippen LogP contribution in [0.5, 0.6) is 0 Å². The molecular formula is C17H18N4O. The zero-order valence-electron chi connectivity index (χ0n) is 12.7. The number of likely N-dealkylation sites (N-methyl/N-ethyl adjacent to an activating group) is 1. The minimum absolute atomic E-state index is 0.130. The van der Waals surface area contributed by atoms with Gasteiger partial charge in [0.05, 0.1) is 23.9 Å². The normalized spacial score (nSPS) is 12.0. The van der Waals surface area contributed by atoms with Crippen LogP contribution >= 0.6 is 0 Å². The van der Waals surface area contributed by atoms with Gasteiger partial charge in [-0.2, -0.15) is 10.4 Å². The predicted octanol–water partition coefficient (Wildman–Crippen LogP) is 2.50. The number of aromatic nitrogens is 2. The van der Waals surface area contributed by atoms with Crippen LogP contribution in [0.2, 0.25) is 0 Å². The van der Waals surface area contributed by atoms with Crippen molar-refractivity contribution in [2.24, 2.45) is 5.92 Å². The smallest absolute Gasteiger partial charge is 0.246 e. The molecule has 0 saturated heterocycles. The zero-order chi connectivity index (χ0) is 15.9. The average molecular weight is 294 g/mol. The molecule has 1 atom stereocenters. The molecule has 1 amide bonds. The minimum Gasteiger partial charge on any atom is -0.341 e. The van der Waals surface area contributed by atoms with E-state index in [0.29, 0.717) is 6.54 Å². The number of nitrogens with zero attached hydrogens (tertiary/aromatic N) is 4. The second-order valence-corrected chi connectivity index (χ2v) is 5.14. The Bertz CT molecular complexity index is 697. The van der Waals surface area contributed by atoms with Gasteiger partial charge in [0.15, 0.2) is 0 Å². The summed E-state index contributed by atoms with van der Waals surface area (Å²) in [6.07, 6.45) is 6.78. The molecule has 112 valence electrons. The molecule has 0 saturated carbocycles. The summed E-state index contributed by atoms with van der Waals surface area (Å²) in [4.78, 5) is 13.5. The Labute approximate surface area is 130 Å². The van der Waals surface area contributed by atoms with Crippen molar-refractivity contribution in [1.82, 2.24) is 14.7 Å². The number of hydrogen-bond acceptors (Lipinski definition) is 3. The molecule has 1 heterocycles. The largest absolute Gasteiger partial charge is 0.341 e. The fourth-order valence-corrected chi connectivity index (χ4v) is 1.98. The molecule has 1 aromatic heterocycles. The third-order valence-corrected chi connectivity index (χ3v) is 3.19. The molecule has 5 heteroatoms. The summed E-state index contributed by atoms with van der Waals surface area (Å²) in [6.45, 7) is 2.21. The second-order valence-electron chi connectivity index (χ2n) is 5.14. The van der Waals surface area contributed by atoms with Crippen LogP contribution in [0.3, 0.4) is 0 Å². The van der Waals surface area contributed by atoms with Gasteiger partial charge in [-0.1, -0.05) is 18.2 Å². The number of hydrogen-bond donors (Lipinski definition) is 0. The van der Waals surface area contributed by atoms with E-state index in [9.17, 15) is 4.79 Å². The molecule has 0 aliphatic rings. The zero-order valence-corrected chi connectivity index (χ0v) is 12.7. The Morgan fingerprint density at radius 2 is 2.18 bits per heavy atom. The number of carbonyl (C=O) groups is 1. The summed E-state index contributed by atoms with van der Waals surface area (Å²) >= 11 is 0. The van der Waals surface area contributed by atoms with Crippen molar-refractivity contribution in [3.63, 3.8) is 0 Å². The average Bonchev–Trinajstić information content (AvgIpc) is 3.02. The maximum atomic E-state index is 11.9. The highest BCUT2D eigenvalue weighted by Crippen LogP contribution is 2.09. The molecule has 2 aromatic rings. The molecule has 0 aliphatic heterocycles. The van der Waals surface area contributed by atoms with Crippen LogP contribution in [-0.4, -0.2) is 34.2 Å². The monoisotopic (exact) mass is 294 g/mol. The van der Waals surface area contributed by atoms with E-state index in [0.717, 1.165) is 11.3 Å². The van der Waals surface area contributed by atoms with Crippen LogP contribution in [0.4, 0.5) is 0 Å². The molecule has 5 nitrogen and oxygen atoms in total. The van der Waals surface area contributed by atoms with Crippen LogP contribution in [0.1, 0.15) is 12.5 Å². The van der Waals surface area contributed by atoms with Gasteiger partial charge < -0.3 is 4.90 Å². The standard InChI is InChI=1S/C17H18N4O/c1-14(10-18)12-20(2)17(22)9-8-15-11-19-21(13-15)16-6-4-3-5-7-16/h3-9,11,13-14H,12H2,1-2H3/b9-8+/t14-/m0/s1. The first kappa shape index (κ1) is 15.5. The fourth-order valence-electron chi connectivity index (χ4n) is 1.98. The molecule has 0 aliphatic carbocycles. The molecule has 0 radical (unpaired) electrons. The van der Waals surface area contributed by atoms with Gasteiger partial charge in [-0.15, -0.1) is 0 Å². The number of para-hydroxylation sites is 1. The lowest BCUT2D eigenvalue weighted by molar-refractivity contribution is -0.125. The summed E-state index contributed by atoms with van der Waals surface area (Å²) < 4.78 is 1.76. The first-order valence-electron chi connectivity index (χ1n) is 7.03. The van der Waals surface area contributed by atoms with Gasteiger partial charge >= 0.3 is 0 Å². The SMILES string of the molecule is C[C@@H](C#N)CN(C)C(=O)/C=C/c1cnn(-c2ccccc2)c1. The van der Waals surface area contributed by atoms with Crippen LogP contribution < -0.4 is 0 Å². The molecule has 0 spiro atoms. The Hall–Kier alpha value is -2.87. The van der Waals surface area contributed by atoms with Gasteiger partial charge in [0.25, 0.3) is 0 Å². The Kier molecular flexibility index (Phi) is 5.10. The Morgan fingerprint density at radius 3 is 2.86 bits per heavy atom. The Morgan fingerprint density at radius 1 is 1.45 bits per heavy atom. The van der Waals surface area contributed by atoms with Crippen molar-refractivity contribution in [2.75, 3.05) is 13.6 Å². The van der Waals surface area contributed by atoms with Crippen molar-refractivity contribution < 1.29 is 4.79 Å². The number of carbonyl (C=O) groups excluding carboxylic acids is 1. The molecule has 0 bridgehead atoms. The van der Waals surface area contributed by atoms with E-state index in [1.165, 1.54) is 11.0 Å². The second kappa shape index (κ2) is 7.23. The minimum atomic E-state index is -0.178. The number of nitriles is 1. The summed E-state index contributed by atoms with van der Waals surface area (Å²) in [6, 6.07) is 11.9. The van der Waals surface area contributed by atoms with E-state index in [4.69, 9.17) is 5.26 Å². The molecule has 0 unspecified atom stereocenters. The first-order chi connectivity index (χ1) is 10.6. The van der Waals surface area contributed by atoms with Crippen molar-refractivity contribution in [3.8, 4) is 11.8 Å². The third kappa shape index (κ3) is 4.06. The quantitative estimate of drug-likeness (QED) is 0.796. The Balaban J connectivity index is 2.01. The van der Waals surface area contributed by atoms with Gasteiger partial charge in [-0.25, -0.2) is 4.68 Å². The van der Waals surface area contributed by atoms with Crippen molar-refractivity contribution in [3.05, 3.63) is 54.4 Å². The third-order valence-electron chi connectivity index (χ3n) is 3.19. The summed E-state index contributed by atoms with van der Waals surface area (Å²) in [5.74, 6) is -0.308. The van der Waals surface area contributed by atoms with E-state index in [1.807, 2.05) is 36.5 Å². The fraction of sp³-hybridized carbons (Fsp3) is 0.235. The van der Waals surface area contributed by atoms with Gasteiger partial charge in [0.1, 0.15) is 0 Å². The van der Waals surface area contributed by atoms with Crippen LogP contribution in [0.15, 0.2) is 48.8 Å². The van der Waals surface area contributed by atoms with Crippen LogP contribution in [-0.2, 0) is 4.79 Å². The molecular weight excluding hydrogens is 276 g/mol. The van der Waals surface area contributed by atoms with Gasteiger partial charge in [0.2, 0.25) is 5.91 Å². The first-order valence-corrected chi connectivity index (χ1v) is 7.03. The van der Waals surface area contributed by atoms with E-state index >= 15 is 0 Å². The molecule has 22 heavy (non-hydrogen) atoms. The number of rotatable bonds is 5. The molecule has 2 rings (SSSR count). The molecule has 0 fully saturated rings. The lowest BCUT2D eigenvalue weighted by Crippen LogP contribution is -2.29. The van der Waals surface area contributed by atoms with E-state index in [-0.39, 0.29) is 11.8 Å². The highest BCUT2D eigenvalue weighted by atomic mass is 16.2. The van der Waals surface area contributed by atoms with Crippen LogP contribution in [0.25, 0.3) is 11.8 Å². The topological polar surface area (TPSA) is 61.9 Å². The summed E-state index contributed by atoms with van der Waals surface area (Å²) in [5, 5.41) is 13.0. The lowest BCUT2D eigenvalue weighted by atomic mass is 10.2. The van der Waals surface area contributed by atoms with Gasteiger partial charge in [0, 0.05) is 31.4 Å². The predicted molar refractivity (Wildman–Crippen MR) is 85.0 cm³/mol. The van der Waals surface area contributed by atoms with E-state index < -0.39 is 0 Å². The van der Waals surface area contributed by atoms with Gasteiger partial charge in [-0.05, 0) is 25.1 Å². The van der Waals surface area contributed by atoms with Crippen molar-refractivity contribution in [2.45, 2.75) is 6.92 Å². The van der Waals surface area contributed by atoms with Crippen molar-refractivity contribution >= 4 is 12.0 Å². The molecule has 1 aromatic carbocycles. The van der Waals surface area contributed by atoms with E-state index in [2.05, 4.69) is 11.2 Å². The van der Waals surface area contributed by atoms with Gasteiger partial charge in [-0.3, -0.25) is 4.79 Å². The summed E-state index contributed by atoms with van der Waals surface area (Å²) in [7, 11) is 1.69. The highest BCUT2D eigenvalue weighted by molar-refractivity contribution is 5.91. The maximum absolute atomic E-state index is 11.9. The summed E-state index contributed by atoms with van der Waals surface area (Å²) in [5.41, 5.74) is 1.81. The molecule has 0 N–H and O–H groups in total. The number of benzene rings is 1. The lowest BCUT2D eigenvalue weighted by Gasteiger charge is -2.15. The highest BCUT2D eigenvalue weighted by Gasteiger charge is 2.09. The maximum Gasteiger partial charge on any atom is 0.246 e. The van der Waals surface area contributed by atoms with E-state index in [1.54, 1.807) is 30.9 Å². The van der Waals surface area contributed by atoms with Crippen LogP contribution in [0, 0.1) is 17.2 Å². The number of amides is 1. The van der Waals surface area contributed by atoms with Crippen molar-refractivity contribution in [1.29, 1.82) is 5.26 Å².